The summed E-state index contributed by atoms with van der Waals surface area (Å²) in [5, 5.41) is 3.07. The lowest BCUT2D eigenvalue weighted by Crippen LogP contribution is -2.54. The summed E-state index contributed by atoms with van der Waals surface area (Å²) < 4.78 is 5.39. The lowest BCUT2D eigenvalue weighted by Gasteiger charge is -2.43. The molecule has 2 atom stereocenters. The van der Waals surface area contributed by atoms with Gasteiger partial charge in [0.15, 0.2) is 0 Å². The van der Waals surface area contributed by atoms with Crippen molar-refractivity contribution < 1.29 is 9.53 Å². The van der Waals surface area contributed by atoms with Gasteiger partial charge >= 0.3 is 6.09 Å². The number of amides is 1. The van der Waals surface area contributed by atoms with E-state index in [1.54, 1.807) is 0 Å². The summed E-state index contributed by atoms with van der Waals surface area (Å²) in [5.74, 6) is 0. The lowest BCUT2D eigenvalue weighted by molar-refractivity contribution is 0.0407. The van der Waals surface area contributed by atoms with Crippen LogP contribution in [0.25, 0.3) is 0 Å². The van der Waals surface area contributed by atoms with Crippen molar-refractivity contribution in [1.29, 1.82) is 0 Å². The number of rotatable bonds is 3. The van der Waals surface area contributed by atoms with Gasteiger partial charge in [-0.05, 0) is 60.3 Å². The average Bonchev–Trinajstić information content (AvgIpc) is 2.45. The van der Waals surface area contributed by atoms with E-state index in [1.165, 1.54) is 25.9 Å². The monoisotopic (exact) mass is 325 g/mol. The highest BCUT2D eigenvalue weighted by atomic mass is 16.6. The summed E-state index contributed by atoms with van der Waals surface area (Å²) in [4.78, 5) is 17.2. The largest absolute Gasteiger partial charge is 0.444 e. The topological polar surface area (TPSA) is 44.8 Å². The van der Waals surface area contributed by atoms with Crippen molar-refractivity contribution >= 4 is 6.09 Å². The molecule has 2 rings (SSSR count). The number of piperazine rings is 1. The SMILES string of the molecule is CC(C)N1CCN([C@H]2CCC[C@@H](NC(=O)OC(C)(C)C)C2)CC1. The molecule has 134 valence electrons. The van der Waals surface area contributed by atoms with Crippen molar-refractivity contribution in [2.45, 2.75) is 84.0 Å². The predicted octanol–water partition coefficient (Wildman–Crippen LogP) is 2.85. The Hall–Kier alpha value is -0.810. The Morgan fingerprint density at radius 3 is 2.35 bits per heavy atom. The van der Waals surface area contributed by atoms with Gasteiger partial charge in [0.05, 0.1) is 0 Å². The molecule has 1 aliphatic carbocycles. The fourth-order valence-corrected chi connectivity index (χ4v) is 3.72. The van der Waals surface area contributed by atoms with E-state index in [0.29, 0.717) is 12.1 Å². The van der Waals surface area contributed by atoms with E-state index in [0.717, 1.165) is 25.9 Å². The van der Waals surface area contributed by atoms with E-state index in [2.05, 4.69) is 29.0 Å². The molecule has 1 amide bonds. The normalized spacial score (nSPS) is 27.9. The van der Waals surface area contributed by atoms with Crippen LogP contribution in [0.15, 0.2) is 0 Å². The van der Waals surface area contributed by atoms with Crippen molar-refractivity contribution in [3.63, 3.8) is 0 Å². The van der Waals surface area contributed by atoms with Gasteiger partial charge in [0.25, 0.3) is 0 Å². The first-order chi connectivity index (χ1) is 10.7. The number of ether oxygens (including phenoxy) is 1. The van der Waals surface area contributed by atoms with Crippen LogP contribution in [-0.2, 0) is 4.74 Å². The molecule has 0 bridgehead atoms. The number of hydrogen-bond donors (Lipinski definition) is 1. The fourth-order valence-electron chi connectivity index (χ4n) is 3.72. The molecule has 2 aliphatic rings. The molecule has 1 saturated heterocycles. The first-order valence-electron chi connectivity index (χ1n) is 9.22. The van der Waals surface area contributed by atoms with Crippen LogP contribution in [0.3, 0.4) is 0 Å². The molecule has 0 aromatic carbocycles. The number of carbonyl (C=O) groups excluding carboxylic acids is 1. The molecule has 0 radical (unpaired) electrons. The zero-order valence-electron chi connectivity index (χ0n) is 15.6. The third-order valence-electron chi connectivity index (χ3n) is 4.96. The highest BCUT2D eigenvalue weighted by molar-refractivity contribution is 5.68. The second-order valence-electron chi connectivity index (χ2n) is 8.33. The Balaban J connectivity index is 1.79. The van der Waals surface area contributed by atoms with Gasteiger partial charge in [-0.3, -0.25) is 9.80 Å². The molecular formula is C18H35N3O2. The Morgan fingerprint density at radius 1 is 1.13 bits per heavy atom. The molecule has 1 N–H and O–H groups in total. The van der Waals surface area contributed by atoms with Gasteiger partial charge in [-0.2, -0.15) is 0 Å². The Labute approximate surface area is 141 Å². The molecule has 0 spiro atoms. The predicted molar refractivity (Wildman–Crippen MR) is 93.7 cm³/mol. The maximum Gasteiger partial charge on any atom is 0.407 e. The first-order valence-corrected chi connectivity index (χ1v) is 9.22. The summed E-state index contributed by atoms with van der Waals surface area (Å²) in [6.45, 7) is 14.9. The van der Waals surface area contributed by atoms with Crippen LogP contribution in [-0.4, -0.2) is 65.8 Å². The second-order valence-corrected chi connectivity index (χ2v) is 8.33. The molecule has 1 aliphatic heterocycles. The first kappa shape index (κ1) is 18.5. The maximum absolute atomic E-state index is 12.0. The average molecular weight is 325 g/mol. The third kappa shape index (κ3) is 5.96. The highest BCUT2D eigenvalue weighted by Crippen LogP contribution is 2.25. The van der Waals surface area contributed by atoms with Gasteiger partial charge in [-0.15, -0.1) is 0 Å². The second kappa shape index (κ2) is 7.84. The van der Waals surface area contributed by atoms with Gasteiger partial charge in [-0.1, -0.05) is 0 Å². The Bertz CT molecular complexity index is 384. The Morgan fingerprint density at radius 2 is 1.78 bits per heavy atom. The van der Waals surface area contributed by atoms with Crippen molar-refractivity contribution in [2.75, 3.05) is 26.2 Å². The van der Waals surface area contributed by atoms with Gasteiger partial charge in [0.2, 0.25) is 0 Å². The molecule has 23 heavy (non-hydrogen) atoms. The van der Waals surface area contributed by atoms with Crippen LogP contribution < -0.4 is 5.32 Å². The highest BCUT2D eigenvalue weighted by Gasteiger charge is 2.30. The summed E-state index contributed by atoms with van der Waals surface area (Å²) in [5.41, 5.74) is -0.425. The standard InChI is InChI=1S/C18H35N3O2/c1-14(2)20-9-11-21(12-10-20)16-8-6-7-15(13-16)19-17(22)23-18(3,4)5/h14-16H,6-13H2,1-5H3,(H,19,22)/t15-,16+/m1/s1. The van der Waals surface area contributed by atoms with Crippen LogP contribution in [0.4, 0.5) is 4.79 Å². The van der Waals surface area contributed by atoms with Crippen molar-refractivity contribution in [3.05, 3.63) is 0 Å². The molecule has 1 heterocycles. The summed E-state index contributed by atoms with van der Waals surface area (Å²) in [6.07, 6.45) is 4.31. The van der Waals surface area contributed by atoms with Gasteiger partial charge in [0, 0.05) is 44.3 Å². The number of alkyl carbamates (subject to hydrolysis) is 1. The smallest absolute Gasteiger partial charge is 0.407 e. The lowest BCUT2D eigenvalue weighted by atomic mass is 9.89. The minimum absolute atomic E-state index is 0.256. The van der Waals surface area contributed by atoms with Gasteiger partial charge < -0.3 is 10.1 Å². The van der Waals surface area contributed by atoms with E-state index >= 15 is 0 Å². The van der Waals surface area contributed by atoms with Crippen LogP contribution in [0.2, 0.25) is 0 Å². The number of carbonyl (C=O) groups is 1. The van der Waals surface area contributed by atoms with E-state index in [4.69, 9.17) is 4.74 Å². The molecule has 0 aromatic heterocycles. The van der Waals surface area contributed by atoms with E-state index in [9.17, 15) is 4.79 Å². The van der Waals surface area contributed by atoms with Crippen LogP contribution in [0.5, 0.6) is 0 Å². The number of hydrogen-bond acceptors (Lipinski definition) is 4. The van der Waals surface area contributed by atoms with E-state index in [-0.39, 0.29) is 12.1 Å². The van der Waals surface area contributed by atoms with Crippen LogP contribution in [0, 0.1) is 0 Å². The molecule has 5 heteroatoms. The van der Waals surface area contributed by atoms with E-state index in [1.807, 2.05) is 20.8 Å². The molecular weight excluding hydrogens is 290 g/mol. The summed E-state index contributed by atoms with van der Waals surface area (Å²) in [6, 6.07) is 1.51. The fraction of sp³-hybridized carbons (Fsp3) is 0.944. The summed E-state index contributed by atoms with van der Waals surface area (Å²) >= 11 is 0. The molecule has 1 saturated carbocycles. The summed E-state index contributed by atoms with van der Waals surface area (Å²) in [7, 11) is 0. The number of nitrogens with zero attached hydrogens (tertiary/aromatic N) is 2. The van der Waals surface area contributed by atoms with Gasteiger partial charge in [0.1, 0.15) is 5.60 Å². The number of nitrogens with one attached hydrogen (secondary N) is 1. The minimum atomic E-state index is -0.425. The zero-order chi connectivity index (χ0) is 17.0. The third-order valence-corrected chi connectivity index (χ3v) is 4.96. The maximum atomic E-state index is 12.0. The van der Waals surface area contributed by atoms with E-state index < -0.39 is 5.60 Å². The van der Waals surface area contributed by atoms with Crippen molar-refractivity contribution in [2.24, 2.45) is 0 Å². The van der Waals surface area contributed by atoms with Crippen LogP contribution in [0.1, 0.15) is 60.3 Å². The molecule has 0 unspecified atom stereocenters. The van der Waals surface area contributed by atoms with Gasteiger partial charge in [-0.25, -0.2) is 4.79 Å². The molecule has 2 fully saturated rings. The molecule has 5 nitrogen and oxygen atoms in total. The van der Waals surface area contributed by atoms with Crippen molar-refractivity contribution in [3.8, 4) is 0 Å². The van der Waals surface area contributed by atoms with Crippen molar-refractivity contribution in [1.82, 2.24) is 15.1 Å². The minimum Gasteiger partial charge on any atom is -0.444 e. The van der Waals surface area contributed by atoms with Crippen LogP contribution >= 0.6 is 0 Å². The Kier molecular flexibility index (Phi) is 6.32. The zero-order valence-corrected chi connectivity index (χ0v) is 15.6. The molecule has 0 aromatic rings. The quantitative estimate of drug-likeness (QED) is 0.866.